The summed E-state index contributed by atoms with van der Waals surface area (Å²) < 4.78 is 10.9. The van der Waals surface area contributed by atoms with Crippen molar-refractivity contribution in [3.63, 3.8) is 0 Å². The number of nitro groups is 1. The van der Waals surface area contributed by atoms with Gasteiger partial charge < -0.3 is 9.47 Å². The van der Waals surface area contributed by atoms with E-state index in [9.17, 15) is 24.5 Å². The van der Waals surface area contributed by atoms with Crippen LogP contribution in [0.5, 0.6) is 11.5 Å². The van der Waals surface area contributed by atoms with Gasteiger partial charge in [-0.25, -0.2) is 4.79 Å². The fourth-order valence-electron chi connectivity index (χ4n) is 3.40. The van der Waals surface area contributed by atoms with Crippen LogP contribution in [0.1, 0.15) is 21.5 Å². The van der Waals surface area contributed by atoms with Crippen molar-refractivity contribution in [3.05, 3.63) is 102 Å². The van der Waals surface area contributed by atoms with E-state index >= 15 is 0 Å². The van der Waals surface area contributed by atoms with Gasteiger partial charge in [-0.1, -0.05) is 47.5 Å². The van der Waals surface area contributed by atoms with Crippen LogP contribution in [0.3, 0.4) is 0 Å². The number of carbonyl (C=O) groups is 3. The Kier molecular flexibility index (Phi) is 7.82. The molecule has 0 radical (unpaired) electrons. The van der Waals surface area contributed by atoms with Crippen molar-refractivity contribution >= 4 is 63.8 Å². The second-order valence-corrected chi connectivity index (χ2v) is 9.42. The zero-order chi connectivity index (χ0) is 26.7. The van der Waals surface area contributed by atoms with E-state index in [0.717, 1.165) is 16.7 Å². The molecule has 188 valence electrons. The van der Waals surface area contributed by atoms with E-state index in [0.29, 0.717) is 16.1 Å². The van der Waals surface area contributed by atoms with Gasteiger partial charge in [0.25, 0.3) is 16.8 Å². The SMILES string of the molecule is COc1cccc(/C=C2\SC(=O)N(Cc3ccc([N+](=O)[O-])cc3)C2=O)c1OC(=O)c1ccc(Cl)cc1Cl. The van der Waals surface area contributed by atoms with E-state index in [2.05, 4.69) is 0 Å². The highest BCUT2D eigenvalue weighted by Gasteiger charge is 2.35. The summed E-state index contributed by atoms with van der Waals surface area (Å²) in [6, 6.07) is 14.7. The summed E-state index contributed by atoms with van der Waals surface area (Å²) in [5.74, 6) is -1.08. The minimum atomic E-state index is -0.771. The third kappa shape index (κ3) is 5.77. The number of amides is 2. The van der Waals surface area contributed by atoms with Crippen molar-refractivity contribution < 1.29 is 28.8 Å². The van der Waals surface area contributed by atoms with Gasteiger partial charge in [0.05, 0.1) is 34.1 Å². The molecule has 0 spiro atoms. The van der Waals surface area contributed by atoms with Crippen molar-refractivity contribution in [1.82, 2.24) is 4.90 Å². The minimum Gasteiger partial charge on any atom is -0.493 e. The largest absolute Gasteiger partial charge is 0.493 e. The van der Waals surface area contributed by atoms with Gasteiger partial charge in [0.1, 0.15) is 0 Å². The molecule has 9 nitrogen and oxygen atoms in total. The van der Waals surface area contributed by atoms with Crippen LogP contribution in [0.2, 0.25) is 10.0 Å². The van der Waals surface area contributed by atoms with Crippen molar-refractivity contribution in [2.75, 3.05) is 7.11 Å². The molecule has 1 fully saturated rings. The molecular weight excluding hydrogens is 543 g/mol. The topological polar surface area (TPSA) is 116 Å². The predicted molar refractivity (Wildman–Crippen MR) is 139 cm³/mol. The molecule has 0 N–H and O–H groups in total. The number of halogens is 2. The van der Waals surface area contributed by atoms with Gasteiger partial charge in [0, 0.05) is 22.7 Å². The summed E-state index contributed by atoms with van der Waals surface area (Å²) in [5, 5.41) is 10.8. The Morgan fingerprint density at radius 3 is 2.49 bits per heavy atom. The van der Waals surface area contributed by atoms with Crippen LogP contribution in [0, 0.1) is 10.1 Å². The van der Waals surface area contributed by atoms with Gasteiger partial charge in [-0.3, -0.25) is 24.6 Å². The highest BCUT2D eigenvalue weighted by atomic mass is 35.5. The van der Waals surface area contributed by atoms with Crippen LogP contribution in [-0.2, 0) is 11.3 Å². The molecule has 1 saturated heterocycles. The van der Waals surface area contributed by atoms with Crippen molar-refractivity contribution in [3.8, 4) is 11.5 Å². The van der Waals surface area contributed by atoms with Gasteiger partial charge >= 0.3 is 5.97 Å². The highest BCUT2D eigenvalue weighted by molar-refractivity contribution is 8.18. The molecular formula is C25H16Cl2N2O7S. The summed E-state index contributed by atoms with van der Waals surface area (Å²) >= 11 is 12.7. The number of rotatable bonds is 7. The Bertz CT molecular complexity index is 1460. The third-order valence-electron chi connectivity index (χ3n) is 5.22. The van der Waals surface area contributed by atoms with E-state index in [1.54, 1.807) is 18.2 Å². The van der Waals surface area contributed by atoms with Gasteiger partial charge in [-0.2, -0.15) is 0 Å². The molecule has 1 aliphatic rings. The van der Waals surface area contributed by atoms with E-state index in [-0.39, 0.29) is 39.2 Å². The lowest BCUT2D eigenvalue weighted by molar-refractivity contribution is -0.384. The van der Waals surface area contributed by atoms with E-state index in [1.807, 2.05) is 0 Å². The van der Waals surface area contributed by atoms with Gasteiger partial charge in [0.2, 0.25) is 0 Å². The van der Waals surface area contributed by atoms with Crippen molar-refractivity contribution in [2.45, 2.75) is 6.54 Å². The zero-order valence-corrected chi connectivity index (χ0v) is 21.3. The van der Waals surface area contributed by atoms with E-state index < -0.39 is 22.0 Å². The fraction of sp³-hybridized carbons (Fsp3) is 0.0800. The number of esters is 1. The number of para-hydroxylation sites is 1. The molecule has 0 bridgehead atoms. The normalized spacial score (nSPS) is 14.2. The van der Waals surface area contributed by atoms with Crippen LogP contribution in [0.25, 0.3) is 6.08 Å². The number of nitro benzene ring substituents is 1. The van der Waals surface area contributed by atoms with Crippen LogP contribution in [0.15, 0.2) is 65.6 Å². The summed E-state index contributed by atoms with van der Waals surface area (Å²) in [4.78, 5) is 49.9. The maximum absolute atomic E-state index is 13.0. The van der Waals surface area contributed by atoms with Crippen molar-refractivity contribution in [2.24, 2.45) is 0 Å². The number of nitrogens with zero attached hydrogens (tertiary/aromatic N) is 2. The smallest absolute Gasteiger partial charge is 0.345 e. The number of methoxy groups -OCH3 is 1. The first-order valence-corrected chi connectivity index (χ1v) is 12.1. The molecule has 0 aliphatic carbocycles. The lowest BCUT2D eigenvalue weighted by Gasteiger charge is -2.13. The number of thioether (sulfide) groups is 1. The highest BCUT2D eigenvalue weighted by Crippen LogP contribution is 2.38. The summed E-state index contributed by atoms with van der Waals surface area (Å²) in [6.45, 7) is -0.0605. The van der Waals surface area contributed by atoms with Crippen molar-refractivity contribution in [1.29, 1.82) is 0 Å². The maximum atomic E-state index is 13.0. The van der Waals surface area contributed by atoms with Gasteiger partial charge in [-0.05, 0) is 47.7 Å². The van der Waals surface area contributed by atoms with Crippen LogP contribution >= 0.6 is 35.0 Å². The third-order valence-corrected chi connectivity index (χ3v) is 6.68. The van der Waals surface area contributed by atoms with Crippen LogP contribution in [0.4, 0.5) is 10.5 Å². The monoisotopic (exact) mass is 558 g/mol. The molecule has 3 aromatic rings. The summed E-state index contributed by atoms with van der Waals surface area (Å²) in [6.07, 6.45) is 1.43. The first-order chi connectivity index (χ1) is 17.7. The molecule has 0 unspecified atom stereocenters. The van der Waals surface area contributed by atoms with E-state index in [4.69, 9.17) is 32.7 Å². The Hall–Kier alpha value is -3.86. The lowest BCUT2D eigenvalue weighted by Crippen LogP contribution is -2.27. The minimum absolute atomic E-state index is 0.0307. The average molecular weight is 559 g/mol. The molecule has 37 heavy (non-hydrogen) atoms. The molecule has 3 aromatic carbocycles. The first-order valence-electron chi connectivity index (χ1n) is 10.5. The number of hydrogen-bond acceptors (Lipinski definition) is 8. The number of imide groups is 1. The molecule has 0 saturated carbocycles. The predicted octanol–water partition coefficient (Wildman–Crippen LogP) is 6.37. The molecule has 2 amide bonds. The number of non-ortho nitro benzene ring substituents is 1. The lowest BCUT2D eigenvalue weighted by atomic mass is 10.1. The Labute approximate surface area is 224 Å². The molecule has 1 heterocycles. The Balaban J connectivity index is 1.61. The summed E-state index contributed by atoms with van der Waals surface area (Å²) in [5.41, 5.74) is 0.840. The standard InChI is InChI=1S/C25H16Cl2N2O7S/c1-35-20-4-2-3-15(22(20)36-24(31)18-10-7-16(26)12-19(18)27)11-21-23(30)28(25(32)37-21)13-14-5-8-17(9-6-14)29(33)34/h2-12H,13H2,1H3/b21-11-. The molecule has 12 heteroatoms. The first kappa shape index (κ1) is 26.2. The number of carbonyl (C=O) groups excluding carboxylic acids is 3. The molecule has 0 aromatic heterocycles. The zero-order valence-electron chi connectivity index (χ0n) is 19.0. The van der Waals surface area contributed by atoms with Gasteiger partial charge in [-0.15, -0.1) is 0 Å². The summed E-state index contributed by atoms with van der Waals surface area (Å²) in [7, 11) is 1.39. The Morgan fingerprint density at radius 2 is 1.84 bits per heavy atom. The average Bonchev–Trinajstić information content (AvgIpc) is 3.12. The number of ether oxygens (including phenoxy) is 2. The second kappa shape index (κ2) is 11.0. The van der Waals surface area contributed by atoms with Crippen LogP contribution < -0.4 is 9.47 Å². The maximum Gasteiger partial charge on any atom is 0.345 e. The second-order valence-electron chi connectivity index (χ2n) is 7.58. The number of benzene rings is 3. The fourth-order valence-corrected chi connectivity index (χ4v) is 4.72. The molecule has 1 aliphatic heterocycles. The Morgan fingerprint density at radius 1 is 1.11 bits per heavy atom. The molecule has 0 atom stereocenters. The van der Waals surface area contributed by atoms with Gasteiger partial charge in [0.15, 0.2) is 11.5 Å². The van der Waals surface area contributed by atoms with Crippen LogP contribution in [-0.4, -0.2) is 34.0 Å². The quantitative estimate of drug-likeness (QED) is 0.108. The molecule has 4 rings (SSSR count). The van der Waals surface area contributed by atoms with E-state index in [1.165, 1.54) is 55.7 Å². The number of hydrogen-bond donors (Lipinski definition) is 0.